The SMILES string of the molecule is F[B-](F)(F)F.N#[N+]c1cc([N+](=O)[O-])ccc1I. The fourth-order valence-corrected chi connectivity index (χ4v) is 1.13. The fraction of sp³-hybridized carbons (Fsp3) is 0. The van der Waals surface area contributed by atoms with Gasteiger partial charge in [0, 0.05) is 6.07 Å². The summed E-state index contributed by atoms with van der Waals surface area (Å²) in [6.45, 7) is 0. The lowest BCUT2D eigenvalue weighted by molar-refractivity contribution is -0.384. The maximum Gasteiger partial charge on any atom is 0.673 e. The van der Waals surface area contributed by atoms with Crippen LogP contribution in [0.15, 0.2) is 18.2 Å². The lowest BCUT2D eigenvalue weighted by Crippen LogP contribution is -2.02. The molecule has 0 aliphatic heterocycles. The van der Waals surface area contributed by atoms with Gasteiger partial charge in [-0.15, -0.1) is 0 Å². The summed E-state index contributed by atoms with van der Waals surface area (Å²) in [6, 6.07) is 4.09. The van der Waals surface area contributed by atoms with Gasteiger partial charge in [-0.2, -0.15) is 0 Å². The molecule has 1 aromatic rings. The Morgan fingerprint density at radius 1 is 1.35 bits per heavy atom. The molecule has 0 heterocycles. The predicted octanol–water partition coefficient (Wildman–Crippen LogP) is 3.98. The van der Waals surface area contributed by atoms with E-state index < -0.39 is 12.2 Å². The quantitative estimate of drug-likeness (QED) is 0.189. The molecule has 92 valence electrons. The molecule has 0 saturated carbocycles. The van der Waals surface area contributed by atoms with Crippen molar-refractivity contribution in [3.63, 3.8) is 0 Å². The molecule has 1 rings (SSSR count). The van der Waals surface area contributed by atoms with E-state index in [1.165, 1.54) is 18.2 Å². The lowest BCUT2D eigenvalue weighted by atomic mass is 10.3. The third-order valence-corrected chi connectivity index (χ3v) is 2.16. The molecule has 0 fully saturated rings. The van der Waals surface area contributed by atoms with E-state index >= 15 is 0 Å². The van der Waals surface area contributed by atoms with Crippen LogP contribution in [0.25, 0.3) is 4.98 Å². The van der Waals surface area contributed by atoms with Crippen LogP contribution in [0.2, 0.25) is 0 Å². The monoisotopic (exact) mass is 363 g/mol. The van der Waals surface area contributed by atoms with Gasteiger partial charge in [0.05, 0.1) is 4.92 Å². The Morgan fingerprint density at radius 3 is 2.18 bits per heavy atom. The van der Waals surface area contributed by atoms with Gasteiger partial charge in [-0.3, -0.25) is 10.1 Å². The standard InChI is InChI=1S/C6H3IN3O2.BF4/c7-5-2-1-4(10(11)12)3-6(5)9-8;2-1(3,4)5/h1-3H;/q+1;-1. The normalized spacial score (nSPS) is 9.88. The largest absolute Gasteiger partial charge is 0.673 e. The van der Waals surface area contributed by atoms with Gasteiger partial charge in [-0.1, -0.05) is 0 Å². The van der Waals surface area contributed by atoms with Crippen molar-refractivity contribution in [3.8, 4) is 0 Å². The van der Waals surface area contributed by atoms with E-state index in [1.807, 2.05) is 22.6 Å². The van der Waals surface area contributed by atoms with E-state index in [0.29, 0.717) is 3.57 Å². The van der Waals surface area contributed by atoms with Crippen molar-refractivity contribution in [1.82, 2.24) is 0 Å². The summed E-state index contributed by atoms with van der Waals surface area (Å²) in [4.78, 5) is 12.6. The van der Waals surface area contributed by atoms with E-state index in [-0.39, 0.29) is 11.4 Å². The van der Waals surface area contributed by atoms with Gasteiger partial charge in [-0.05, 0) is 28.7 Å². The molecule has 0 aromatic heterocycles. The van der Waals surface area contributed by atoms with E-state index in [0.717, 1.165) is 0 Å². The van der Waals surface area contributed by atoms with Crippen molar-refractivity contribution < 1.29 is 22.2 Å². The molecule has 0 amide bonds. The second-order valence-corrected chi connectivity index (χ2v) is 3.65. The molecule has 0 aliphatic rings. The Labute approximate surface area is 106 Å². The molecule has 1 aromatic carbocycles. The van der Waals surface area contributed by atoms with Crippen LogP contribution in [0.5, 0.6) is 0 Å². The lowest BCUT2D eigenvalue weighted by Gasteiger charge is -1.94. The van der Waals surface area contributed by atoms with Crippen molar-refractivity contribution in [1.29, 1.82) is 5.39 Å². The molecule has 17 heavy (non-hydrogen) atoms. The molecule has 0 bridgehead atoms. The smallest absolute Gasteiger partial charge is 0.418 e. The van der Waals surface area contributed by atoms with Gasteiger partial charge < -0.3 is 17.3 Å². The zero-order valence-electron chi connectivity index (χ0n) is 7.86. The van der Waals surface area contributed by atoms with Gasteiger partial charge in [0.25, 0.3) is 5.69 Å². The Morgan fingerprint density at radius 2 is 1.82 bits per heavy atom. The Hall–Kier alpha value is -1.45. The highest BCUT2D eigenvalue weighted by molar-refractivity contribution is 14.1. The van der Waals surface area contributed by atoms with E-state index in [9.17, 15) is 27.4 Å². The van der Waals surface area contributed by atoms with Crippen LogP contribution in [0.3, 0.4) is 0 Å². The predicted molar refractivity (Wildman–Crippen MR) is 60.7 cm³/mol. The number of nitro benzene ring substituents is 1. The van der Waals surface area contributed by atoms with Gasteiger partial charge in [0.15, 0.2) is 4.98 Å². The minimum atomic E-state index is -6.00. The number of nitro groups is 1. The van der Waals surface area contributed by atoms with Crippen molar-refractivity contribution >= 4 is 41.2 Å². The van der Waals surface area contributed by atoms with Crippen molar-refractivity contribution in [3.05, 3.63) is 36.9 Å². The van der Waals surface area contributed by atoms with E-state index in [1.54, 1.807) is 0 Å². The third-order valence-electron chi connectivity index (χ3n) is 1.25. The number of halogens is 5. The van der Waals surface area contributed by atoms with Crippen molar-refractivity contribution in [2.45, 2.75) is 0 Å². The number of hydrogen-bond acceptors (Lipinski definition) is 3. The second-order valence-electron chi connectivity index (χ2n) is 2.49. The highest BCUT2D eigenvalue weighted by Gasteiger charge is 2.20. The van der Waals surface area contributed by atoms with E-state index in [2.05, 4.69) is 4.98 Å². The first kappa shape index (κ1) is 15.6. The summed E-state index contributed by atoms with van der Waals surface area (Å²) < 4.78 is 39.7. The Balaban J connectivity index is 0.000000437. The van der Waals surface area contributed by atoms with Crippen LogP contribution in [-0.4, -0.2) is 12.2 Å². The fourth-order valence-electron chi connectivity index (χ4n) is 0.691. The Bertz CT molecular complexity index is 456. The summed E-state index contributed by atoms with van der Waals surface area (Å²) in [5.74, 6) is 0. The summed E-state index contributed by atoms with van der Waals surface area (Å²) in [7, 11) is -6.00. The zero-order valence-corrected chi connectivity index (χ0v) is 10.0. The van der Waals surface area contributed by atoms with Crippen LogP contribution in [0.4, 0.5) is 28.6 Å². The number of diazo groups is 1. The van der Waals surface area contributed by atoms with Gasteiger partial charge in [-0.25, -0.2) is 0 Å². The molecule has 0 radical (unpaired) electrons. The summed E-state index contributed by atoms with van der Waals surface area (Å²) >= 11 is 1.92. The van der Waals surface area contributed by atoms with Crippen LogP contribution < -0.4 is 0 Å². The second kappa shape index (κ2) is 6.33. The number of hydrogen-bond donors (Lipinski definition) is 0. The van der Waals surface area contributed by atoms with Crippen LogP contribution >= 0.6 is 22.6 Å². The molecule has 11 heteroatoms. The minimum Gasteiger partial charge on any atom is -0.418 e. The van der Waals surface area contributed by atoms with Crippen LogP contribution in [-0.2, 0) is 0 Å². The molecule has 5 nitrogen and oxygen atoms in total. The topological polar surface area (TPSA) is 71.3 Å². The third kappa shape index (κ3) is 7.44. The highest BCUT2D eigenvalue weighted by Crippen LogP contribution is 2.25. The van der Waals surface area contributed by atoms with Gasteiger partial charge in [0.2, 0.25) is 5.39 Å². The molecule has 0 unspecified atom stereocenters. The summed E-state index contributed by atoms with van der Waals surface area (Å²) in [5, 5.41) is 18.7. The maximum absolute atomic E-state index is 10.3. The average Bonchev–Trinajstić information content (AvgIpc) is 2.15. The number of rotatable bonds is 1. The highest BCUT2D eigenvalue weighted by atomic mass is 127. The van der Waals surface area contributed by atoms with Crippen molar-refractivity contribution in [2.24, 2.45) is 0 Å². The molecule has 0 atom stereocenters. The first-order chi connectivity index (χ1) is 7.65. The molecule has 0 N–H and O–H groups in total. The molecule has 0 spiro atoms. The van der Waals surface area contributed by atoms with E-state index in [4.69, 9.17) is 5.39 Å². The first-order valence-corrected chi connectivity index (χ1v) is 4.89. The van der Waals surface area contributed by atoms with Gasteiger partial charge >= 0.3 is 12.9 Å². The number of nitrogens with zero attached hydrogens (tertiary/aromatic N) is 3. The Kier molecular flexibility index (Phi) is 5.79. The number of non-ortho nitro benzene ring substituents is 1. The summed E-state index contributed by atoms with van der Waals surface area (Å²) in [5.41, 5.74) is 0.132. The van der Waals surface area contributed by atoms with Crippen LogP contribution in [0.1, 0.15) is 0 Å². The molecular formula is C6H3BF4IN3O2. The molecule has 0 aliphatic carbocycles. The van der Waals surface area contributed by atoms with Crippen molar-refractivity contribution in [2.75, 3.05) is 0 Å². The first-order valence-electron chi connectivity index (χ1n) is 3.81. The maximum atomic E-state index is 10.3. The summed E-state index contributed by atoms with van der Waals surface area (Å²) in [6.07, 6.45) is 0. The zero-order chi connectivity index (χ0) is 13.6. The molecular weight excluding hydrogens is 360 g/mol. The molecule has 0 saturated heterocycles. The minimum absolute atomic E-state index is 0.0804. The number of benzene rings is 1. The van der Waals surface area contributed by atoms with Gasteiger partial charge in [0.1, 0.15) is 9.64 Å². The van der Waals surface area contributed by atoms with Crippen LogP contribution in [0, 0.1) is 19.1 Å². The average molecular weight is 363 g/mol.